The summed E-state index contributed by atoms with van der Waals surface area (Å²) in [6, 6.07) is 5.58. The van der Waals surface area contributed by atoms with E-state index in [1.165, 1.54) is 0 Å². The van der Waals surface area contributed by atoms with Crippen LogP contribution < -0.4 is 16.4 Å². The van der Waals surface area contributed by atoms with Gasteiger partial charge >= 0.3 is 6.21 Å². The Morgan fingerprint density at radius 2 is 1.88 bits per heavy atom. The van der Waals surface area contributed by atoms with Gasteiger partial charge in [0.05, 0.1) is 6.54 Å². The zero-order chi connectivity index (χ0) is 24.5. The van der Waals surface area contributed by atoms with Crippen LogP contribution >= 0.6 is 0 Å². The van der Waals surface area contributed by atoms with Crippen molar-refractivity contribution in [1.82, 2.24) is 20.1 Å². The molecule has 33 heavy (non-hydrogen) atoms. The molecule has 0 saturated carbocycles. The predicted octanol–water partition coefficient (Wildman–Crippen LogP) is -0.613. The Hall–Kier alpha value is -3.82. The second kappa shape index (κ2) is 11.7. The Balaban J connectivity index is 2.24. The van der Waals surface area contributed by atoms with Crippen molar-refractivity contribution >= 4 is 40.6 Å². The van der Waals surface area contributed by atoms with Gasteiger partial charge in [0.1, 0.15) is 12.1 Å². The van der Waals surface area contributed by atoms with Crippen molar-refractivity contribution in [1.29, 1.82) is 0 Å². The lowest BCUT2D eigenvalue weighted by molar-refractivity contribution is -0.131. The molecule has 0 radical (unpaired) electrons. The first kappa shape index (κ1) is 25.4. The summed E-state index contributed by atoms with van der Waals surface area (Å²) >= 11 is 0. The fraction of sp³-hybridized carbons (Fsp3) is 0.409. The summed E-state index contributed by atoms with van der Waals surface area (Å²) in [7, 11) is 5.35. The van der Waals surface area contributed by atoms with Crippen LogP contribution in [0.5, 0.6) is 0 Å². The normalized spacial score (nSPS) is 12.6. The number of nitrogens with one attached hydrogen (secondary N) is 2. The number of fused-ring (bicyclic) bond motifs is 1. The van der Waals surface area contributed by atoms with Gasteiger partial charge in [0.2, 0.25) is 23.5 Å². The highest BCUT2D eigenvalue weighted by atomic mass is 16.2. The summed E-state index contributed by atoms with van der Waals surface area (Å²) < 4.78 is 1.93. The highest BCUT2D eigenvalue weighted by molar-refractivity contribution is 6.25. The molecule has 0 fully saturated rings. The number of para-hydroxylation sites is 1. The number of carbonyl (C=O) groups excluding carboxylic acids is 4. The topological polar surface area (TPSA) is 163 Å². The van der Waals surface area contributed by atoms with Crippen molar-refractivity contribution in [2.75, 3.05) is 20.6 Å². The van der Waals surface area contributed by atoms with E-state index in [0.717, 1.165) is 16.5 Å². The molecule has 2 rings (SSSR count). The van der Waals surface area contributed by atoms with Gasteiger partial charge in [-0.2, -0.15) is 4.79 Å². The molecule has 0 aliphatic heterocycles. The van der Waals surface area contributed by atoms with Crippen molar-refractivity contribution < 1.29 is 24.0 Å². The van der Waals surface area contributed by atoms with Crippen LogP contribution in [0.25, 0.3) is 16.4 Å². The minimum atomic E-state index is -1.13. The minimum absolute atomic E-state index is 0.0709. The Morgan fingerprint density at radius 1 is 1.18 bits per heavy atom. The van der Waals surface area contributed by atoms with Gasteiger partial charge in [-0.25, -0.2) is 0 Å². The average Bonchev–Trinajstić information content (AvgIpc) is 3.05. The van der Waals surface area contributed by atoms with Gasteiger partial charge < -0.3 is 31.4 Å². The van der Waals surface area contributed by atoms with Gasteiger partial charge in [-0.15, -0.1) is 0 Å². The van der Waals surface area contributed by atoms with Crippen molar-refractivity contribution in [2.24, 2.45) is 12.8 Å². The van der Waals surface area contributed by atoms with E-state index in [4.69, 9.17) is 11.3 Å². The van der Waals surface area contributed by atoms with Gasteiger partial charge in [0.15, 0.2) is 0 Å². The number of nitrogens with two attached hydrogens (primary N) is 1. The number of aromatic nitrogens is 1. The summed E-state index contributed by atoms with van der Waals surface area (Å²) in [5.41, 5.74) is 15.7. The number of benzene rings is 1. The van der Waals surface area contributed by atoms with Crippen LogP contribution in [0.2, 0.25) is 0 Å². The zero-order valence-electron chi connectivity index (χ0n) is 18.9. The molecule has 2 aromatic rings. The first-order chi connectivity index (χ1) is 15.6. The molecule has 176 valence electrons. The number of hydrogen-bond acceptors (Lipinski definition) is 5. The molecular weight excluding hydrogens is 426 g/mol. The molecule has 11 nitrogen and oxygen atoms in total. The summed E-state index contributed by atoms with van der Waals surface area (Å²) in [5.74, 6) is -2.29. The third-order valence-electron chi connectivity index (χ3n) is 5.06. The molecule has 4 N–H and O–H groups in total. The van der Waals surface area contributed by atoms with E-state index < -0.39 is 29.7 Å². The molecule has 0 saturated heterocycles. The van der Waals surface area contributed by atoms with Gasteiger partial charge in [0.25, 0.3) is 0 Å². The second-order valence-electron chi connectivity index (χ2n) is 8.06. The smallest absolute Gasteiger partial charge is 0.323 e. The van der Waals surface area contributed by atoms with Gasteiger partial charge in [-0.3, -0.25) is 19.2 Å². The summed E-state index contributed by atoms with van der Waals surface area (Å²) in [6.07, 6.45) is 2.57. The standard InChI is InChI=1S/C22H29N7O4/c1-28(2)13-20(31)26-18(10-14-12-29(3)19-7-5-4-6-16(14)19)22(33)27-17(21(23)32)9-8-15(30)11-25-24/h4-7,11-12,17-18H,8-10,13H2,1-3H3,(H2,23,32)(H,26,31)(H,27,33)/t17-,18-/m0/s1. The van der Waals surface area contributed by atoms with E-state index in [9.17, 15) is 19.2 Å². The van der Waals surface area contributed by atoms with Crippen molar-refractivity contribution in [2.45, 2.75) is 31.3 Å². The van der Waals surface area contributed by atoms with Crippen LogP contribution in [0.1, 0.15) is 18.4 Å². The van der Waals surface area contributed by atoms with Crippen LogP contribution in [-0.2, 0) is 32.6 Å². The molecule has 0 aliphatic carbocycles. The first-order valence-electron chi connectivity index (χ1n) is 10.4. The van der Waals surface area contributed by atoms with Gasteiger partial charge in [0, 0.05) is 37.0 Å². The van der Waals surface area contributed by atoms with Crippen molar-refractivity contribution in [3.8, 4) is 0 Å². The Labute approximate surface area is 191 Å². The van der Waals surface area contributed by atoms with Crippen LogP contribution in [0.15, 0.2) is 30.5 Å². The molecule has 11 heteroatoms. The molecule has 1 heterocycles. The Morgan fingerprint density at radius 3 is 2.52 bits per heavy atom. The number of carbonyl (C=O) groups is 4. The molecule has 1 aromatic carbocycles. The number of aryl methyl sites for hydroxylation is 1. The van der Waals surface area contributed by atoms with Crippen LogP contribution in [0.3, 0.4) is 0 Å². The number of ketones is 1. The van der Waals surface area contributed by atoms with E-state index in [1.54, 1.807) is 19.0 Å². The number of hydrogen-bond donors (Lipinski definition) is 3. The third kappa shape index (κ3) is 7.37. The Bertz CT molecular complexity index is 1090. The molecule has 3 amide bonds. The molecule has 1 aromatic heterocycles. The number of Topliss-reactive ketones (excluding diaryl/α,β-unsaturated/α-hetero) is 1. The molecule has 2 atom stereocenters. The molecule has 0 spiro atoms. The van der Waals surface area contributed by atoms with E-state index in [0.29, 0.717) is 6.21 Å². The van der Waals surface area contributed by atoms with Crippen LogP contribution in [-0.4, -0.2) is 76.7 Å². The maximum absolute atomic E-state index is 13.1. The third-order valence-corrected chi connectivity index (χ3v) is 5.06. The SMILES string of the molecule is CN(C)CC(=O)N[C@@H](Cc1cn(C)c2ccccc12)C(=O)N[C@@H](CCC(=O)C=[N+]=[N-])C(N)=O. The largest absolute Gasteiger partial charge is 0.368 e. The quantitative estimate of drug-likeness (QED) is 0.220. The summed E-state index contributed by atoms with van der Waals surface area (Å²) in [5, 5.41) is 6.21. The highest BCUT2D eigenvalue weighted by Gasteiger charge is 2.27. The second-order valence-corrected chi connectivity index (χ2v) is 8.06. The highest BCUT2D eigenvalue weighted by Crippen LogP contribution is 2.21. The first-order valence-corrected chi connectivity index (χ1v) is 10.4. The van der Waals surface area contributed by atoms with E-state index in [1.807, 2.05) is 42.1 Å². The number of likely N-dealkylation sites (N-methyl/N-ethyl adjacent to an activating group) is 1. The fourth-order valence-electron chi connectivity index (χ4n) is 3.52. The number of amides is 3. The monoisotopic (exact) mass is 455 g/mol. The van der Waals surface area contributed by atoms with E-state index in [2.05, 4.69) is 15.4 Å². The summed E-state index contributed by atoms with van der Waals surface area (Å²) in [6.45, 7) is 0.0769. The zero-order valence-corrected chi connectivity index (χ0v) is 18.9. The number of nitrogens with zero attached hydrogens (tertiary/aromatic N) is 4. The van der Waals surface area contributed by atoms with Crippen LogP contribution in [0.4, 0.5) is 0 Å². The maximum Gasteiger partial charge on any atom is 0.323 e. The van der Waals surface area contributed by atoms with Crippen molar-refractivity contribution in [3.05, 3.63) is 41.6 Å². The van der Waals surface area contributed by atoms with E-state index in [-0.39, 0.29) is 31.7 Å². The fourth-order valence-corrected chi connectivity index (χ4v) is 3.52. The number of rotatable bonds is 12. The van der Waals surface area contributed by atoms with Crippen molar-refractivity contribution in [3.63, 3.8) is 0 Å². The Kier molecular flexibility index (Phi) is 9.02. The molecule has 0 aliphatic rings. The maximum atomic E-state index is 13.1. The number of primary amides is 1. The lowest BCUT2D eigenvalue weighted by Crippen LogP contribution is -2.54. The molecule has 0 bridgehead atoms. The van der Waals surface area contributed by atoms with E-state index >= 15 is 0 Å². The predicted molar refractivity (Wildman–Crippen MR) is 122 cm³/mol. The summed E-state index contributed by atoms with van der Waals surface area (Å²) in [4.78, 5) is 53.2. The minimum Gasteiger partial charge on any atom is -0.368 e. The lowest BCUT2D eigenvalue weighted by atomic mass is 10.0. The lowest BCUT2D eigenvalue weighted by Gasteiger charge is -2.22. The molecule has 0 unspecified atom stereocenters. The van der Waals surface area contributed by atoms with Gasteiger partial charge in [-0.05, 0) is 32.1 Å². The van der Waals surface area contributed by atoms with Crippen LogP contribution in [0, 0.1) is 0 Å². The van der Waals surface area contributed by atoms with Gasteiger partial charge in [-0.1, -0.05) is 18.2 Å². The molecular formula is C22H29N7O4. The average molecular weight is 456 g/mol.